The van der Waals surface area contributed by atoms with Crippen LogP contribution >= 0.6 is 0 Å². The summed E-state index contributed by atoms with van der Waals surface area (Å²) in [5.41, 5.74) is 13.4. The Labute approximate surface area is 277 Å². The lowest BCUT2D eigenvalue weighted by atomic mass is 9.94. The number of hydrogen-bond donors (Lipinski definition) is 0. The molecule has 7 aromatic carbocycles. The molecule has 8 rings (SSSR count). The van der Waals surface area contributed by atoms with Crippen LogP contribution in [0, 0.1) is 0 Å². The summed E-state index contributed by atoms with van der Waals surface area (Å²) in [6.45, 7) is 0. The van der Waals surface area contributed by atoms with Crippen molar-refractivity contribution in [2.45, 2.75) is 12.8 Å². The van der Waals surface area contributed by atoms with Crippen molar-refractivity contribution in [2.75, 3.05) is 16.8 Å². The minimum atomic E-state index is 1.08. The van der Waals surface area contributed by atoms with Gasteiger partial charge in [0.25, 0.3) is 0 Å². The van der Waals surface area contributed by atoms with Crippen LogP contribution < -0.4 is 9.80 Å². The topological polar surface area (TPSA) is 6.48 Å². The number of fused-ring (bicyclic) bond motifs is 2. The second-order valence-corrected chi connectivity index (χ2v) is 12.2. The Kier molecular flexibility index (Phi) is 7.61. The minimum Gasteiger partial charge on any atom is -0.345 e. The van der Waals surface area contributed by atoms with E-state index in [1.165, 1.54) is 55.5 Å². The summed E-state index contributed by atoms with van der Waals surface area (Å²) >= 11 is 0. The summed E-state index contributed by atoms with van der Waals surface area (Å²) in [5, 5.41) is 2.48. The van der Waals surface area contributed by atoms with Gasteiger partial charge in [0.2, 0.25) is 0 Å². The van der Waals surface area contributed by atoms with Crippen LogP contribution in [0.4, 0.5) is 28.4 Å². The molecular weight excluding hydrogens is 569 g/mol. The lowest BCUT2D eigenvalue weighted by molar-refractivity contribution is 0.984. The van der Waals surface area contributed by atoms with Crippen molar-refractivity contribution in [2.24, 2.45) is 0 Å². The van der Waals surface area contributed by atoms with Crippen LogP contribution in [0.15, 0.2) is 170 Å². The predicted molar refractivity (Wildman–Crippen MR) is 201 cm³/mol. The number of hydrogen-bond acceptors (Lipinski definition) is 2. The van der Waals surface area contributed by atoms with E-state index in [0.717, 1.165) is 29.9 Å². The molecule has 1 aliphatic carbocycles. The zero-order chi connectivity index (χ0) is 31.6. The number of rotatable bonds is 7. The number of allylic oxidation sites excluding steroid dienone is 1. The van der Waals surface area contributed by atoms with Crippen LogP contribution in [0.2, 0.25) is 0 Å². The zero-order valence-corrected chi connectivity index (χ0v) is 26.6. The van der Waals surface area contributed by atoms with Gasteiger partial charge in [-0.1, -0.05) is 127 Å². The van der Waals surface area contributed by atoms with E-state index in [-0.39, 0.29) is 0 Å². The molecule has 226 valence electrons. The Morgan fingerprint density at radius 2 is 1.09 bits per heavy atom. The largest absolute Gasteiger partial charge is 0.345 e. The van der Waals surface area contributed by atoms with E-state index in [0.29, 0.717) is 0 Å². The average Bonchev–Trinajstić information content (AvgIpc) is 3.16. The Morgan fingerprint density at radius 3 is 1.89 bits per heavy atom. The summed E-state index contributed by atoms with van der Waals surface area (Å²) < 4.78 is 0. The first kappa shape index (κ1) is 28.6. The maximum Gasteiger partial charge on any atom is 0.0540 e. The molecule has 0 atom stereocenters. The third kappa shape index (κ3) is 5.60. The van der Waals surface area contributed by atoms with Crippen LogP contribution in [0.25, 0.3) is 39.1 Å². The maximum atomic E-state index is 2.43. The van der Waals surface area contributed by atoms with Crippen molar-refractivity contribution in [3.05, 3.63) is 181 Å². The number of anilines is 5. The lowest BCUT2D eigenvalue weighted by Crippen LogP contribution is -2.13. The van der Waals surface area contributed by atoms with E-state index >= 15 is 0 Å². The molecule has 0 aromatic heterocycles. The van der Waals surface area contributed by atoms with Gasteiger partial charge >= 0.3 is 0 Å². The van der Waals surface area contributed by atoms with E-state index < -0.39 is 0 Å². The number of benzene rings is 7. The molecule has 0 heterocycles. The van der Waals surface area contributed by atoms with Crippen LogP contribution in [0.1, 0.15) is 17.5 Å². The highest BCUT2D eigenvalue weighted by Gasteiger charge is 2.20. The highest BCUT2D eigenvalue weighted by Crippen LogP contribution is 2.43. The lowest BCUT2D eigenvalue weighted by Gasteiger charge is -2.30. The van der Waals surface area contributed by atoms with Crippen LogP contribution in [0.5, 0.6) is 0 Å². The first-order chi connectivity index (χ1) is 23.2. The Bertz CT molecular complexity index is 2190. The zero-order valence-electron chi connectivity index (χ0n) is 26.6. The van der Waals surface area contributed by atoms with Crippen LogP contribution in [0.3, 0.4) is 0 Å². The van der Waals surface area contributed by atoms with Gasteiger partial charge in [0.1, 0.15) is 0 Å². The van der Waals surface area contributed by atoms with E-state index in [9.17, 15) is 0 Å². The van der Waals surface area contributed by atoms with Crippen LogP contribution in [-0.2, 0) is 6.42 Å². The van der Waals surface area contributed by atoms with Gasteiger partial charge in [0.05, 0.1) is 11.4 Å². The first-order valence-electron chi connectivity index (χ1n) is 16.4. The Hall–Kier alpha value is -5.86. The maximum absolute atomic E-state index is 2.43. The van der Waals surface area contributed by atoms with Crippen molar-refractivity contribution < 1.29 is 0 Å². The monoisotopic (exact) mass is 604 g/mol. The fourth-order valence-electron chi connectivity index (χ4n) is 6.81. The molecule has 0 fully saturated rings. The molecule has 2 heteroatoms. The smallest absolute Gasteiger partial charge is 0.0540 e. The molecule has 0 spiro atoms. The number of aryl methyl sites for hydroxylation is 1. The summed E-state index contributed by atoms with van der Waals surface area (Å²) in [6, 6.07) is 59.2. The molecule has 47 heavy (non-hydrogen) atoms. The Morgan fingerprint density at radius 1 is 0.468 bits per heavy atom. The standard InChI is InChI=1S/C45H36N2/c1-46(41-19-9-18-38(32-41)33-12-3-2-4-13-33)39-28-24-34(25-29-39)35-26-30-40(31-27-35)47(44-22-10-16-36-14-5-7-20-42(36)44)45-23-11-17-37-15-6-8-21-43(37)45/h2-5,7-14,16-32H,6,15H2,1H3. The van der Waals surface area contributed by atoms with Crippen molar-refractivity contribution in [3.63, 3.8) is 0 Å². The van der Waals surface area contributed by atoms with Gasteiger partial charge in [-0.25, -0.2) is 0 Å². The van der Waals surface area contributed by atoms with Gasteiger partial charge in [-0.3, -0.25) is 0 Å². The van der Waals surface area contributed by atoms with Gasteiger partial charge < -0.3 is 9.80 Å². The summed E-state index contributed by atoms with van der Waals surface area (Å²) in [6.07, 6.45) is 6.77. The molecule has 1 aliphatic rings. The van der Waals surface area contributed by atoms with Crippen molar-refractivity contribution >= 4 is 45.3 Å². The molecule has 7 aromatic rings. The minimum absolute atomic E-state index is 1.08. The second kappa shape index (κ2) is 12.5. The van der Waals surface area contributed by atoms with Gasteiger partial charge in [0, 0.05) is 35.1 Å². The second-order valence-electron chi connectivity index (χ2n) is 12.2. The number of nitrogens with zero attached hydrogens (tertiary/aromatic N) is 2. The molecule has 0 radical (unpaired) electrons. The fraction of sp³-hybridized carbons (Fsp3) is 0.0667. The molecule has 0 amide bonds. The Balaban J connectivity index is 1.12. The van der Waals surface area contributed by atoms with Crippen LogP contribution in [-0.4, -0.2) is 7.05 Å². The van der Waals surface area contributed by atoms with Gasteiger partial charge in [-0.2, -0.15) is 0 Å². The van der Waals surface area contributed by atoms with Crippen molar-refractivity contribution in [1.29, 1.82) is 0 Å². The van der Waals surface area contributed by atoms with Crippen molar-refractivity contribution in [1.82, 2.24) is 0 Å². The summed E-state index contributed by atoms with van der Waals surface area (Å²) in [7, 11) is 2.13. The van der Waals surface area contributed by atoms with E-state index in [1.54, 1.807) is 0 Å². The molecular formula is C45H36N2. The first-order valence-corrected chi connectivity index (χ1v) is 16.4. The molecule has 0 saturated carbocycles. The van der Waals surface area contributed by atoms with E-state index in [2.05, 4.69) is 193 Å². The van der Waals surface area contributed by atoms with Crippen molar-refractivity contribution in [3.8, 4) is 22.3 Å². The van der Waals surface area contributed by atoms with E-state index in [4.69, 9.17) is 0 Å². The summed E-state index contributed by atoms with van der Waals surface area (Å²) in [4.78, 5) is 4.68. The highest BCUT2D eigenvalue weighted by molar-refractivity contribution is 6.00. The van der Waals surface area contributed by atoms with Gasteiger partial charge in [-0.05, 0) is 94.6 Å². The molecule has 0 unspecified atom stereocenters. The van der Waals surface area contributed by atoms with Gasteiger partial charge in [0.15, 0.2) is 0 Å². The third-order valence-corrected chi connectivity index (χ3v) is 9.34. The molecule has 0 aliphatic heterocycles. The fourth-order valence-corrected chi connectivity index (χ4v) is 6.81. The molecule has 0 saturated heterocycles. The molecule has 0 N–H and O–H groups in total. The SMILES string of the molecule is CN(c1ccc(-c2ccc(N(c3cccc4c3C=CCC4)c3cccc4ccccc34)cc2)cc1)c1cccc(-c2ccccc2)c1. The van der Waals surface area contributed by atoms with E-state index in [1.807, 2.05) is 0 Å². The average molecular weight is 605 g/mol. The quantitative estimate of drug-likeness (QED) is 0.179. The normalized spacial score (nSPS) is 12.1. The van der Waals surface area contributed by atoms with Gasteiger partial charge in [-0.15, -0.1) is 0 Å². The third-order valence-electron chi connectivity index (χ3n) is 9.34. The molecule has 0 bridgehead atoms. The molecule has 2 nitrogen and oxygen atoms in total. The highest BCUT2D eigenvalue weighted by atomic mass is 15.1. The summed E-state index contributed by atoms with van der Waals surface area (Å²) in [5.74, 6) is 0. The predicted octanol–water partition coefficient (Wildman–Crippen LogP) is 12.4.